The molecule has 2 heterocycles. The monoisotopic (exact) mass is 280 g/mol. The maximum Gasteiger partial charge on any atom is 0.433 e. The molecule has 9 nitrogen and oxygen atoms in total. The molecular formula is C11H8N2O7. The van der Waals surface area contributed by atoms with Gasteiger partial charge in [0.15, 0.2) is 11.5 Å². The van der Waals surface area contributed by atoms with Gasteiger partial charge in [-0.2, -0.15) is 0 Å². The molecule has 0 aliphatic heterocycles. The first-order valence-corrected chi connectivity index (χ1v) is 5.35. The van der Waals surface area contributed by atoms with Crippen LogP contribution in [0.3, 0.4) is 0 Å². The molecule has 0 aromatic carbocycles. The molecule has 0 amide bonds. The molecule has 20 heavy (non-hydrogen) atoms. The lowest BCUT2D eigenvalue weighted by molar-refractivity contribution is -0.402. The molecular weight excluding hydrogens is 272 g/mol. The van der Waals surface area contributed by atoms with Gasteiger partial charge in [-0.25, -0.2) is 0 Å². The highest BCUT2D eigenvalue weighted by Crippen LogP contribution is 2.27. The molecule has 2 rings (SSSR count). The molecule has 0 N–H and O–H groups in total. The second kappa shape index (κ2) is 4.61. The molecule has 2 aromatic rings. The predicted molar refractivity (Wildman–Crippen MR) is 63.6 cm³/mol. The van der Waals surface area contributed by atoms with Crippen LogP contribution in [0.5, 0.6) is 0 Å². The number of carbonyl (C=O) groups excluding carboxylic acids is 1. The van der Waals surface area contributed by atoms with E-state index >= 15 is 0 Å². The number of nitro groups is 2. The standard InChI is InChI=1S/C11H8N2O7/c1-5-3-7(12(15)16)19-10(5)9(14)11-6(2)4-8(20-11)13(17)18/h3-4H,1-2H3. The first kappa shape index (κ1) is 13.5. The van der Waals surface area contributed by atoms with E-state index in [2.05, 4.69) is 0 Å². The summed E-state index contributed by atoms with van der Waals surface area (Å²) in [4.78, 5) is 31.7. The summed E-state index contributed by atoms with van der Waals surface area (Å²) in [5.41, 5.74) is 0.500. The molecule has 0 aliphatic carbocycles. The summed E-state index contributed by atoms with van der Waals surface area (Å²) >= 11 is 0. The summed E-state index contributed by atoms with van der Waals surface area (Å²) in [6, 6.07) is 2.19. The van der Waals surface area contributed by atoms with Crippen LogP contribution < -0.4 is 0 Å². The molecule has 0 fully saturated rings. The topological polar surface area (TPSA) is 130 Å². The van der Waals surface area contributed by atoms with Crippen molar-refractivity contribution in [3.63, 3.8) is 0 Å². The van der Waals surface area contributed by atoms with Crippen molar-refractivity contribution in [2.75, 3.05) is 0 Å². The van der Waals surface area contributed by atoms with Crippen LogP contribution in [-0.4, -0.2) is 15.6 Å². The largest absolute Gasteiger partial charge is 0.433 e. The van der Waals surface area contributed by atoms with E-state index in [0.29, 0.717) is 0 Å². The Bertz CT molecular complexity index is 665. The summed E-state index contributed by atoms with van der Waals surface area (Å²) in [6.45, 7) is 2.91. The Morgan fingerprint density at radius 1 is 0.950 bits per heavy atom. The Balaban J connectivity index is 2.46. The second-order valence-corrected chi connectivity index (χ2v) is 4.04. The van der Waals surface area contributed by atoms with Crippen LogP contribution in [0.2, 0.25) is 0 Å². The number of ketones is 1. The fourth-order valence-corrected chi connectivity index (χ4v) is 1.66. The van der Waals surface area contributed by atoms with Crippen molar-refractivity contribution >= 4 is 17.6 Å². The van der Waals surface area contributed by atoms with Crippen LogP contribution in [-0.2, 0) is 0 Å². The smallest absolute Gasteiger partial charge is 0.397 e. The van der Waals surface area contributed by atoms with E-state index in [-0.39, 0.29) is 22.6 Å². The van der Waals surface area contributed by atoms with Gasteiger partial charge in [-0.15, -0.1) is 0 Å². The van der Waals surface area contributed by atoms with Crippen LogP contribution >= 0.6 is 0 Å². The lowest BCUT2D eigenvalue weighted by atomic mass is 10.1. The van der Waals surface area contributed by atoms with Gasteiger partial charge in [0.2, 0.25) is 0 Å². The van der Waals surface area contributed by atoms with E-state index < -0.39 is 27.4 Å². The van der Waals surface area contributed by atoms with Crippen molar-refractivity contribution in [3.8, 4) is 0 Å². The third-order valence-corrected chi connectivity index (χ3v) is 2.58. The van der Waals surface area contributed by atoms with Gasteiger partial charge in [0, 0.05) is 11.1 Å². The van der Waals surface area contributed by atoms with Crippen LogP contribution in [0.25, 0.3) is 0 Å². The summed E-state index contributed by atoms with van der Waals surface area (Å²) in [6.07, 6.45) is 0. The van der Waals surface area contributed by atoms with Crippen molar-refractivity contribution in [1.82, 2.24) is 0 Å². The molecule has 9 heteroatoms. The minimum atomic E-state index is -0.777. The number of hydrogen-bond acceptors (Lipinski definition) is 7. The Kier molecular flexibility index (Phi) is 3.10. The lowest BCUT2D eigenvalue weighted by Crippen LogP contribution is -2.01. The number of rotatable bonds is 4. The Hall–Kier alpha value is -2.97. The number of nitrogens with zero attached hydrogens (tertiary/aromatic N) is 2. The van der Waals surface area contributed by atoms with Crippen molar-refractivity contribution in [2.45, 2.75) is 13.8 Å². The van der Waals surface area contributed by atoms with Gasteiger partial charge in [-0.1, -0.05) is 0 Å². The second-order valence-electron chi connectivity index (χ2n) is 4.04. The van der Waals surface area contributed by atoms with E-state index in [9.17, 15) is 25.0 Å². The van der Waals surface area contributed by atoms with Crippen molar-refractivity contribution in [3.05, 3.63) is 55.0 Å². The zero-order valence-corrected chi connectivity index (χ0v) is 10.4. The van der Waals surface area contributed by atoms with Crippen molar-refractivity contribution in [2.24, 2.45) is 0 Å². The number of hydrogen-bond donors (Lipinski definition) is 0. The normalized spacial score (nSPS) is 10.5. The first-order valence-electron chi connectivity index (χ1n) is 5.35. The third kappa shape index (κ3) is 2.16. The zero-order valence-electron chi connectivity index (χ0n) is 10.4. The fourth-order valence-electron chi connectivity index (χ4n) is 1.66. The maximum atomic E-state index is 12.1. The minimum absolute atomic E-state index is 0.250. The Morgan fingerprint density at radius 3 is 1.55 bits per heavy atom. The number of carbonyl (C=O) groups is 1. The maximum absolute atomic E-state index is 12.1. The highest BCUT2D eigenvalue weighted by atomic mass is 16.7. The average Bonchev–Trinajstić information content (AvgIpc) is 2.92. The quantitative estimate of drug-likeness (QED) is 0.477. The van der Waals surface area contributed by atoms with Crippen LogP contribution in [0.15, 0.2) is 21.0 Å². The van der Waals surface area contributed by atoms with Crippen LogP contribution in [0, 0.1) is 34.1 Å². The molecule has 2 aromatic heterocycles. The van der Waals surface area contributed by atoms with Crippen LogP contribution in [0.1, 0.15) is 27.4 Å². The van der Waals surface area contributed by atoms with Gasteiger partial charge >= 0.3 is 11.8 Å². The summed E-state index contributed by atoms with van der Waals surface area (Å²) < 4.78 is 9.68. The van der Waals surface area contributed by atoms with E-state index in [4.69, 9.17) is 8.83 Å². The summed E-state index contributed by atoms with van der Waals surface area (Å²) in [5, 5.41) is 21.1. The summed E-state index contributed by atoms with van der Waals surface area (Å²) in [5.74, 6) is -2.48. The number of aryl methyl sites for hydroxylation is 2. The minimum Gasteiger partial charge on any atom is -0.397 e. The third-order valence-electron chi connectivity index (χ3n) is 2.58. The van der Waals surface area contributed by atoms with Gasteiger partial charge in [0.25, 0.3) is 5.78 Å². The zero-order chi connectivity index (χ0) is 15.0. The van der Waals surface area contributed by atoms with Gasteiger partial charge in [-0.3, -0.25) is 25.0 Å². The van der Waals surface area contributed by atoms with Crippen molar-refractivity contribution < 1.29 is 23.5 Å². The molecule has 0 saturated carbocycles. The van der Waals surface area contributed by atoms with Crippen molar-refractivity contribution in [1.29, 1.82) is 0 Å². The van der Waals surface area contributed by atoms with Crippen LogP contribution in [0.4, 0.5) is 11.8 Å². The molecule has 0 unspecified atom stereocenters. The Labute approximate surface area is 111 Å². The molecule has 0 atom stereocenters. The van der Waals surface area contributed by atoms with E-state index in [1.165, 1.54) is 13.8 Å². The van der Waals surface area contributed by atoms with Gasteiger partial charge in [0.05, 0.1) is 12.1 Å². The van der Waals surface area contributed by atoms with Gasteiger partial charge < -0.3 is 8.83 Å². The lowest BCUT2D eigenvalue weighted by Gasteiger charge is -1.95. The fraction of sp³-hybridized carbons (Fsp3) is 0.182. The first-order chi connectivity index (χ1) is 9.31. The molecule has 0 bridgehead atoms. The molecule has 0 saturated heterocycles. The van der Waals surface area contributed by atoms with E-state index in [0.717, 1.165) is 12.1 Å². The highest BCUT2D eigenvalue weighted by Gasteiger charge is 2.28. The molecule has 0 radical (unpaired) electrons. The van der Waals surface area contributed by atoms with E-state index in [1.807, 2.05) is 0 Å². The highest BCUT2D eigenvalue weighted by molar-refractivity contribution is 6.07. The average molecular weight is 280 g/mol. The molecule has 0 spiro atoms. The van der Waals surface area contributed by atoms with Gasteiger partial charge in [0.1, 0.15) is 9.85 Å². The molecule has 0 aliphatic rings. The predicted octanol–water partition coefficient (Wildman–Crippen LogP) is 2.54. The SMILES string of the molecule is Cc1cc([N+](=O)[O-])oc1C(=O)c1oc([N+](=O)[O-])cc1C. The van der Waals surface area contributed by atoms with E-state index in [1.54, 1.807) is 0 Å². The molecule has 104 valence electrons. The Morgan fingerprint density at radius 2 is 1.30 bits per heavy atom. The van der Waals surface area contributed by atoms with Gasteiger partial charge in [-0.05, 0) is 13.8 Å². The number of furan rings is 2. The summed E-state index contributed by atoms with van der Waals surface area (Å²) in [7, 11) is 0.